The van der Waals surface area contributed by atoms with E-state index in [0.717, 1.165) is 36.8 Å². The third-order valence-electron chi connectivity index (χ3n) is 3.09. The number of methoxy groups -OCH3 is 1. The van der Waals surface area contributed by atoms with Crippen LogP contribution in [-0.2, 0) is 0 Å². The zero-order valence-corrected chi connectivity index (χ0v) is 11.9. The zero-order chi connectivity index (χ0) is 13.5. The molecule has 0 amide bonds. The van der Waals surface area contributed by atoms with Crippen LogP contribution in [0.2, 0.25) is 0 Å². The van der Waals surface area contributed by atoms with Crippen LogP contribution >= 0.6 is 0 Å². The van der Waals surface area contributed by atoms with Crippen LogP contribution in [0.4, 0.5) is 11.4 Å². The van der Waals surface area contributed by atoms with Crippen molar-refractivity contribution in [3.8, 4) is 5.75 Å². The Morgan fingerprint density at radius 2 is 2.00 bits per heavy atom. The number of anilines is 2. The maximum Gasteiger partial charge on any atom is 0.121 e. The summed E-state index contributed by atoms with van der Waals surface area (Å²) in [5, 5.41) is 3.44. The highest BCUT2D eigenvalue weighted by Gasteiger charge is 2.09. The van der Waals surface area contributed by atoms with Crippen LogP contribution in [0, 0.1) is 0 Å². The van der Waals surface area contributed by atoms with Crippen LogP contribution in [0.1, 0.15) is 20.8 Å². The van der Waals surface area contributed by atoms with Crippen molar-refractivity contribution in [2.24, 2.45) is 0 Å². The smallest absolute Gasteiger partial charge is 0.121 e. The lowest BCUT2D eigenvalue weighted by molar-refractivity contribution is 0.295. The summed E-state index contributed by atoms with van der Waals surface area (Å²) in [6, 6.07) is 6.09. The topological polar surface area (TPSA) is 50.5 Å². The van der Waals surface area contributed by atoms with Crippen molar-refractivity contribution < 1.29 is 4.74 Å². The van der Waals surface area contributed by atoms with Crippen molar-refractivity contribution in [3.63, 3.8) is 0 Å². The average Bonchev–Trinajstić information content (AvgIpc) is 2.38. The Bertz CT molecular complexity index is 364. The molecule has 0 aliphatic heterocycles. The third kappa shape index (κ3) is 4.11. The molecule has 0 radical (unpaired) electrons. The first-order valence-corrected chi connectivity index (χ1v) is 6.53. The Labute approximate surface area is 110 Å². The van der Waals surface area contributed by atoms with Gasteiger partial charge in [0.05, 0.1) is 18.5 Å². The number of nitrogens with zero attached hydrogens (tertiary/aromatic N) is 1. The van der Waals surface area contributed by atoms with Gasteiger partial charge in [0.2, 0.25) is 0 Å². The summed E-state index contributed by atoms with van der Waals surface area (Å²) in [7, 11) is 1.64. The molecule has 0 bridgehead atoms. The molecule has 18 heavy (non-hydrogen) atoms. The highest BCUT2D eigenvalue weighted by molar-refractivity contribution is 5.68. The summed E-state index contributed by atoms with van der Waals surface area (Å²) in [6.07, 6.45) is 0. The maximum absolute atomic E-state index is 5.98. The minimum Gasteiger partial charge on any atom is -0.497 e. The molecular weight excluding hydrogens is 226 g/mol. The summed E-state index contributed by atoms with van der Waals surface area (Å²) in [4.78, 5) is 2.39. The zero-order valence-electron chi connectivity index (χ0n) is 11.9. The van der Waals surface area contributed by atoms with E-state index in [1.54, 1.807) is 7.11 Å². The highest BCUT2D eigenvalue weighted by atomic mass is 16.5. The minimum atomic E-state index is 0.362. The summed E-state index contributed by atoms with van der Waals surface area (Å²) in [5.74, 6) is 0.787. The molecule has 1 unspecified atom stereocenters. The molecule has 4 heteroatoms. The second-order valence-electron chi connectivity index (χ2n) is 4.48. The largest absolute Gasteiger partial charge is 0.497 e. The molecule has 1 aromatic carbocycles. The van der Waals surface area contributed by atoms with E-state index in [4.69, 9.17) is 10.5 Å². The summed E-state index contributed by atoms with van der Waals surface area (Å²) in [5.41, 5.74) is 7.68. The van der Waals surface area contributed by atoms with Gasteiger partial charge in [-0.25, -0.2) is 0 Å². The molecule has 4 nitrogen and oxygen atoms in total. The molecule has 0 heterocycles. The number of nitrogen functional groups attached to an aromatic ring is 1. The lowest BCUT2D eigenvalue weighted by Gasteiger charge is -2.24. The van der Waals surface area contributed by atoms with E-state index in [1.807, 2.05) is 18.2 Å². The van der Waals surface area contributed by atoms with Crippen molar-refractivity contribution in [3.05, 3.63) is 18.2 Å². The van der Waals surface area contributed by atoms with Crippen LogP contribution in [0.5, 0.6) is 5.75 Å². The molecule has 1 aromatic rings. The number of hydrogen-bond acceptors (Lipinski definition) is 4. The second-order valence-corrected chi connectivity index (χ2v) is 4.48. The number of nitrogens with one attached hydrogen (secondary N) is 1. The number of rotatable bonds is 7. The summed E-state index contributed by atoms with van der Waals surface area (Å²) in [6.45, 7) is 9.68. The van der Waals surface area contributed by atoms with Gasteiger partial charge in [0.15, 0.2) is 0 Å². The fourth-order valence-corrected chi connectivity index (χ4v) is 1.98. The quantitative estimate of drug-likeness (QED) is 0.731. The molecule has 0 fully saturated rings. The molecule has 1 atom stereocenters. The molecule has 3 N–H and O–H groups in total. The molecule has 0 saturated carbocycles. The van der Waals surface area contributed by atoms with Gasteiger partial charge < -0.3 is 20.7 Å². The molecule has 0 spiro atoms. The Hall–Kier alpha value is -1.42. The summed E-state index contributed by atoms with van der Waals surface area (Å²) >= 11 is 0. The molecular formula is C14H25N3O. The first-order chi connectivity index (χ1) is 8.60. The molecule has 102 valence electrons. The number of ether oxygens (including phenoxy) is 1. The highest BCUT2D eigenvalue weighted by Crippen LogP contribution is 2.24. The van der Waals surface area contributed by atoms with Crippen molar-refractivity contribution in [1.82, 2.24) is 4.90 Å². The van der Waals surface area contributed by atoms with Crippen molar-refractivity contribution in [2.45, 2.75) is 26.8 Å². The Morgan fingerprint density at radius 3 is 2.50 bits per heavy atom. The van der Waals surface area contributed by atoms with Gasteiger partial charge in [0, 0.05) is 18.7 Å². The van der Waals surface area contributed by atoms with Crippen LogP contribution < -0.4 is 15.8 Å². The lowest BCUT2D eigenvalue weighted by atomic mass is 10.2. The number of nitrogens with two attached hydrogens (primary N) is 1. The SMILES string of the molecule is CCN(CC)CC(C)Nc1ccc(OC)cc1N. The van der Waals surface area contributed by atoms with Gasteiger partial charge in [-0.05, 0) is 32.1 Å². The predicted octanol–water partition coefficient (Wildman–Crippen LogP) is 2.42. The Balaban J connectivity index is 2.61. The fraction of sp³-hybridized carbons (Fsp3) is 0.571. The lowest BCUT2D eigenvalue weighted by Crippen LogP contribution is -2.34. The molecule has 0 aliphatic carbocycles. The summed E-state index contributed by atoms with van der Waals surface area (Å²) < 4.78 is 5.14. The first-order valence-electron chi connectivity index (χ1n) is 6.53. The Kier molecular flexibility index (Phi) is 5.78. The average molecular weight is 251 g/mol. The van der Waals surface area contributed by atoms with Crippen molar-refractivity contribution >= 4 is 11.4 Å². The van der Waals surface area contributed by atoms with E-state index in [9.17, 15) is 0 Å². The predicted molar refractivity (Wildman–Crippen MR) is 78.3 cm³/mol. The van der Waals surface area contributed by atoms with E-state index in [-0.39, 0.29) is 0 Å². The Morgan fingerprint density at radius 1 is 1.33 bits per heavy atom. The number of likely N-dealkylation sites (N-methyl/N-ethyl adjacent to an activating group) is 1. The van der Waals surface area contributed by atoms with E-state index >= 15 is 0 Å². The standard InChI is InChI=1S/C14H25N3O/c1-5-17(6-2)10-11(3)16-14-8-7-12(18-4)9-13(14)15/h7-9,11,16H,5-6,10,15H2,1-4H3. The van der Waals surface area contributed by atoms with Crippen LogP contribution in [-0.4, -0.2) is 37.7 Å². The second kappa shape index (κ2) is 7.11. The van der Waals surface area contributed by atoms with E-state index in [0.29, 0.717) is 6.04 Å². The maximum atomic E-state index is 5.98. The van der Waals surface area contributed by atoms with Crippen LogP contribution in [0.25, 0.3) is 0 Å². The van der Waals surface area contributed by atoms with Crippen LogP contribution in [0.3, 0.4) is 0 Å². The van der Waals surface area contributed by atoms with Gasteiger partial charge >= 0.3 is 0 Å². The molecule has 1 rings (SSSR count). The molecule has 0 saturated heterocycles. The van der Waals surface area contributed by atoms with Crippen LogP contribution in [0.15, 0.2) is 18.2 Å². The van der Waals surface area contributed by atoms with Gasteiger partial charge in [-0.15, -0.1) is 0 Å². The van der Waals surface area contributed by atoms with E-state index < -0.39 is 0 Å². The first kappa shape index (κ1) is 14.6. The van der Waals surface area contributed by atoms with E-state index in [1.165, 1.54) is 0 Å². The van der Waals surface area contributed by atoms with Crippen molar-refractivity contribution in [1.29, 1.82) is 0 Å². The van der Waals surface area contributed by atoms with E-state index in [2.05, 4.69) is 31.0 Å². The van der Waals surface area contributed by atoms with Gasteiger partial charge in [-0.3, -0.25) is 0 Å². The normalized spacial score (nSPS) is 12.5. The molecule has 0 aliphatic rings. The monoisotopic (exact) mass is 251 g/mol. The minimum absolute atomic E-state index is 0.362. The van der Waals surface area contributed by atoms with Gasteiger partial charge in [-0.2, -0.15) is 0 Å². The van der Waals surface area contributed by atoms with Gasteiger partial charge in [0.1, 0.15) is 5.75 Å². The number of benzene rings is 1. The fourth-order valence-electron chi connectivity index (χ4n) is 1.98. The van der Waals surface area contributed by atoms with Crippen molar-refractivity contribution in [2.75, 3.05) is 37.8 Å². The number of hydrogen-bond donors (Lipinski definition) is 2. The molecule has 0 aromatic heterocycles. The third-order valence-corrected chi connectivity index (χ3v) is 3.09. The van der Waals surface area contributed by atoms with Gasteiger partial charge in [-0.1, -0.05) is 13.8 Å². The van der Waals surface area contributed by atoms with Gasteiger partial charge in [0.25, 0.3) is 0 Å².